The van der Waals surface area contributed by atoms with E-state index in [0.717, 1.165) is 11.1 Å². The van der Waals surface area contributed by atoms with Gasteiger partial charge in [-0.25, -0.2) is 4.68 Å². The van der Waals surface area contributed by atoms with Crippen LogP contribution in [0.4, 0.5) is 5.82 Å². The summed E-state index contributed by atoms with van der Waals surface area (Å²) < 4.78 is 7.07. The smallest absolute Gasteiger partial charge is 0.122 e. The summed E-state index contributed by atoms with van der Waals surface area (Å²) in [6.07, 6.45) is 1.72. The highest BCUT2D eigenvalue weighted by atomic mass is 16.5. The Morgan fingerprint density at radius 1 is 1.10 bits per heavy atom. The molecule has 0 bridgehead atoms. The minimum atomic E-state index is 0.108. The molecule has 102 valence electrons. The molecule has 3 aromatic rings. The molecule has 4 heteroatoms. The zero-order valence-electron chi connectivity index (χ0n) is 11.6. The molecule has 0 saturated heterocycles. The summed E-state index contributed by atoms with van der Waals surface area (Å²) in [6.45, 7) is 2.09. The number of methoxy groups -OCH3 is 1. The second kappa shape index (κ2) is 4.89. The Labute approximate surface area is 117 Å². The number of hydrogen-bond acceptors (Lipinski definition) is 3. The molecule has 0 fully saturated rings. The predicted octanol–water partition coefficient (Wildman–Crippen LogP) is 3.24. The lowest BCUT2D eigenvalue weighted by molar-refractivity contribution is 0.415. The van der Waals surface area contributed by atoms with Crippen LogP contribution in [0.15, 0.2) is 48.7 Å². The largest absolute Gasteiger partial charge is 0.497 e. The van der Waals surface area contributed by atoms with Crippen molar-refractivity contribution in [3.8, 4) is 5.75 Å². The number of nitrogens with two attached hydrogens (primary N) is 1. The third-order valence-corrected chi connectivity index (χ3v) is 3.62. The summed E-state index contributed by atoms with van der Waals surface area (Å²) >= 11 is 0. The van der Waals surface area contributed by atoms with Crippen molar-refractivity contribution in [2.75, 3.05) is 12.8 Å². The monoisotopic (exact) mass is 267 g/mol. The summed E-state index contributed by atoms with van der Waals surface area (Å²) in [5.41, 5.74) is 7.09. The molecule has 0 radical (unpaired) electrons. The van der Waals surface area contributed by atoms with Crippen LogP contribution in [-0.2, 0) is 0 Å². The molecule has 0 aliphatic carbocycles. The highest BCUT2D eigenvalue weighted by Gasteiger charge is 2.11. The maximum Gasteiger partial charge on any atom is 0.122 e. The Morgan fingerprint density at radius 3 is 2.55 bits per heavy atom. The van der Waals surface area contributed by atoms with Crippen molar-refractivity contribution in [2.45, 2.75) is 13.0 Å². The Morgan fingerprint density at radius 2 is 1.85 bits per heavy atom. The Balaban J connectivity index is 2.03. The van der Waals surface area contributed by atoms with E-state index >= 15 is 0 Å². The maximum absolute atomic E-state index is 5.91. The topological polar surface area (TPSA) is 53.1 Å². The van der Waals surface area contributed by atoms with E-state index in [0.29, 0.717) is 5.82 Å². The van der Waals surface area contributed by atoms with Gasteiger partial charge in [-0.15, -0.1) is 0 Å². The summed E-state index contributed by atoms with van der Waals surface area (Å²) in [4.78, 5) is 0. The summed E-state index contributed by atoms with van der Waals surface area (Å²) in [5.74, 6) is 1.54. The molecule has 0 aliphatic heterocycles. The Bertz CT molecular complexity index is 748. The van der Waals surface area contributed by atoms with Crippen LogP contribution in [0.25, 0.3) is 10.8 Å². The van der Waals surface area contributed by atoms with Gasteiger partial charge in [0.15, 0.2) is 0 Å². The molecule has 1 heterocycles. The van der Waals surface area contributed by atoms with Gasteiger partial charge in [0.05, 0.1) is 19.3 Å². The van der Waals surface area contributed by atoms with Gasteiger partial charge in [0.2, 0.25) is 0 Å². The number of benzene rings is 2. The fourth-order valence-corrected chi connectivity index (χ4v) is 2.42. The van der Waals surface area contributed by atoms with Gasteiger partial charge < -0.3 is 10.5 Å². The van der Waals surface area contributed by atoms with Crippen LogP contribution in [0.1, 0.15) is 18.5 Å². The minimum Gasteiger partial charge on any atom is -0.497 e. The third kappa shape index (κ3) is 2.09. The fourth-order valence-electron chi connectivity index (χ4n) is 2.42. The number of ether oxygens (including phenoxy) is 1. The van der Waals surface area contributed by atoms with Gasteiger partial charge in [-0.3, -0.25) is 0 Å². The average Bonchev–Trinajstić information content (AvgIpc) is 2.91. The average molecular weight is 267 g/mol. The van der Waals surface area contributed by atoms with Crippen LogP contribution >= 0.6 is 0 Å². The number of hydrogen-bond donors (Lipinski definition) is 1. The number of rotatable bonds is 3. The minimum absolute atomic E-state index is 0.108. The first-order valence-electron chi connectivity index (χ1n) is 6.56. The number of fused-ring (bicyclic) bond motifs is 1. The lowest BCUT2D eigenvalue weighted by Gasteiger charge is -2.15. The molecule has 1 aromatic heterocycles. The normalized spacial score (nSPS) is 12.5. The van der Waals surface area contributed by atoms with Crippen molar-refractivity contribution in [3.63, 3.8) is 0 Å². The van der Waals surface area contributed by atoms with Gasteiger partial charge in [0, 0.05) is 0 Å². The zero-order chi connectivity index (χ0) is 14.1. The predicted molar refractivity (Wildman–Crippen MR) is 81.0 cm³/mol. The van der Waals surface area contributed by atoms with Crippen molar-refractivity contribution in [1.82, 2.24) is 9.78 Å². The lowest BCUT2D eigenvalue weighted by Crippen LogP contribution is -2.11. The second-order valence-corrected chi connectivity index (χ2v) is 4.85. The van der Waals surface area contributed by atoms with Gasteiger partial charge in [0.1, 0.15) is 11.6 Å². The first kappa shape index (κ1) is 12.5. The van der Waals surface area contributed by atoms with E-state index in [1.165, 1.54) is 10.9 Å². The number of aromatic nitrogens is 2. The van der Waals surface area contributed by atoms with Gasteiger partial charge in [0.25, 0.3) is 0 Å². The van der Waals surface area contributed by atoms with Crippen LogP contribution in [0.3, 0.4) is 0 Å². The van der Waals surface area contributed by atoms with Crippen LogP contribution in [0.5, 0.6) is 5.75 Å². The summed E-state index contributed by atoms with van der Waals surface area (Å²) in [5, 5.41) is 6.61. The highest BCUT2D eigenvalue weighted by Crippen LogP contribution is 2.26. The third-order valence-electron chi connectivity index (χ3n) is 3.62. The number of nitrogen functional groups attached to an aromatic ring is 1. The van der Waals surface area contributed by atoms with Crippen molar-refractivity contribution in [3.05, 3.63) is 54.2 Å². The van der Waals surface area contributed by atoms with Crippen molar-refractivity contribution < 1.29 is 4.74 Å². The Hall–Kier alpha value is -2.49. The molecular weight excluding hydrogens is 250 g/mol. The number of anilines is 1. The quantitative estimate of drug-likeness (QED) is 0.792. The first-order valence-corrected chi connectivity index (χ1v) is 6.56. The van der Waals surface area contributed by atoms with E-state index < -0.39 is 0 Å². The summed E-state index contributed by atoms with van der Waals surface area (Å²) in [6, 6.07) is 14.4. The van der Waals surface area contributed by atoms with E-state index in [1.807, 2.05) is 22.9 Å². The molecule has 1 atom stereocenters. The number of nitrogens with zero attached hydrogens (tertiary/aromatic N) is 2. The molecule has 0 aliphatic rings. The highest BCUT2D eigenvalue weighted by molar-refractivity contribution is 5.84. The van der Waals surface area contributed by atoms with Gasteiger partial charge in [-0.1, -0.05) is 18.2 Å². The molecular formula is C16H17N3O. The molecule has 0 saturated carbocycles. The molecule has 2 aromatic carbocycles. The maximum atomic E-state index is 5.91. The van der Waals surface area contributed by atoms with Crippen molar-refractivity contribution in [1.29, 1.82) is 0 Å². The fraction of sp³-hybridized carbons (Fsp3) is 0.188. The molecule has 2 N–H and O–H groups in total. The standard InChI is InChI=1S/C16H17N3O/c1-11(19-16(17)7-8-18-19)12-3-4-14-10-15(20-2)6-5-13(14)9-12/h3-11H,17H2,1-2H3. The molecule has 1 unspecified atom stereocenters. The molecule has 3 rings (SSSR count). The van der Waals surface area contributed by atoms with Crippen LogP contribution in [-0.4, -0.2) is 16.9 Å². The van der Waals surface area contributed by atoms with Gasteiger partial charge in [-0.2, -0.15) is 5.10 Å². The van der Waals surface area contributed by atoms with E-state index in [2.05, 4.69) is 36.3 Å². The van der Waals surface area contributed by atoms with E-state index in [1.54, 1.807) is 13.3 Å². The first-order chi connectivity index (χ1) is 9.69. The molecule has 20 heavy (non-hydrogen) atoms. The SMILES string of the molecule is COc1ccc2cc(C(C)n3nccc3N)ccc2c1. The Kier molecular flexibility index (Phi) is 3.06. The second-order valence-electron chi connectivity index (χ2n) is 4.85. The summed E-state index contributed by atoms with van der Waals surface area (Å²) in [7, 11) is 1.68. The molecule has 4 nitrogen and oxygen atoms in total. The molecule has 0 amide bonds. The van der Waals surface area contributed by atoms with E-state index in [4.69, 9.17) is 10.5 Å². The van der Waals surface area contributed by atoms with E-state index in [-0.39, 0.29) is 6.04 Å². The molecule has 0 spiro atoms. The van der Waals surface area contributed by atoms with Crippen LogP contribution in [0, 0.1) is 0 Å². The van der Waals surface area contributed by atoms with Crippen LogP contribution < -0.4 is 10.5 Å². The zero-order valence-corrected chi connectivity index (χ0v) is 11.6. The van der Waals surface area contributed by atoms with Gasteiger partial charge >= 0.3 is 0 Å². The van der Waals surface area contributed by atoms with Gasteiger partial charge in [-0.05, 0) is 47.5 Å². The van der Waals surface area contributed by atoms with E-state index in [9.17, 15) is 0 Å². The van der Waals surface area contributed by atoms with Crippen molar-refractivity contribution in [2.24, 2.45) is 0 Å². The lowest BCUT2D eigenvalue weighted by atomic mass is 10.0. The van der Waals surface area contributed by atoms with Crippen LogP contribution in [0.2, 0.25) is 0 Å². The van der Waals surface area contributed by atoms with Crippen molar-refractivity contribution >= 4 is 16.6 Å².